The first kappa shape index (κ1) is 15.5. The number of aliphatic hydroxyl groups excluding tert-OH is 1. The van der Waals surface area contributed by atoms with Gasteiger partial charge in [-0.3, -0.25) is 14.0 Å². The number of carbonyl (C=O) groups is 1. The zero-order valence-electron chi connectivity index (χ0n) is 13.6. The Hall–Kier alpha value is -2.99. The third-order valence-electron chi connectivity index (χ3n) is 4.60. The van der Waals surface area contributed by atoms with Gasteiger partial charge in [-0.05, 0) is 35.7 Å². The molecule has 0 radical (unpaired) electrons. The van der Waals surface area contributed by atoms with Crippen LogP contribution >= 0.6 is 0 Å². The van der Waals surface area contributed by atoms with Gasteiger partial charge in [-0.2, -0.15) is 0 Å². The van der Waals surface area contributed by atoms with Crippen LogP contribution in [0.25, 0.3) is 5.65 Å². The third-order valence-corrected chi connectivity index (χ3v) is 4.60. The summed E-state index contributed by atoms with van der Waals surface area (Å²) < 4.78 is 1.35. The van der Waals surface area contributed by atoms with Crippen LogP contribution in [0, 0.1) is 6.92 Å². The number of fused-ring (bicyclic) bond motifs is 2. The molecule has 4 rings (SSSR count). The van der Waals surface area contributed by atoms with Crippen molar-refractivity contribution in [2.75, 3.05) is 0 Å². The van der Waals surface area contributed by atoms with Crippen molar-refractivity contribution in [2.45, 2.75) is 25.5 Å². The fourth-order valence-electron chi connectivity index (χ4n) is 3.30. The van der Waals surface area contributed by atoms with Gasteiger partial charge in [0.15, 0.2) is 0 Å². The summed E-state index contributed by atoms with van der Waals surface area (Å²) in [6.07, 6.45) is 2.67. The standard InChI is InChI=1S/C19H17N3O3/c1-11-6-7-22-16(8-11)20-10-14(19(22)25)18(24)21-17-13-5-3-2-4-12(13)9-15(17)23/h2-8,10,15,17,23H,9H2,1H3,(H,21,24)/t15-,17+/m0/s1. The fourth-order valence-corrected chi connectivity index (χ4v) is 3.30. The number of carbonyl (C=O) groups excluding carboxylic acids is 1. The molecule has 2 atom stereocenters. The number of aliphatic hydroxyl groups is 1. The number of pyridine rings is 1. The van der Waals surface area contributed by atoms with Crippen LogP contribution in [-0.4, -0.2) is 26.5 Å². The maximum absolute atomic E-state index is 12.6. The Morgan fingerprint density at radius 3 is 2.96 bits per heavy atom. The number of benzene rings is 1. The smallest absolute Gasteiger partial charge is 0.270 e. The second-order valence-corrected chi connectivity index (χ2v) is 6.33. The van der Waals surface area contributed by atoms with Crippen LogP contribution in [0.4, 0.5) is 0 Å². The van der Waals surface area contributed by atoms with Crippen LogP contribution in [0.3, 0.4) is 0 Å². The van der Waals surface area contributed by atoms with Crippen LogP contribution in [-0.2, 0) is 6.42 Å². The van der Waals surface area contributed by atoms with Crippen molar-refractivity contribution in [3.05, 3.63) is 81.4 Å². The summed E-state index contributed by atoms with van der Waals surface area (Å²) in [7, 11) is 0. The largest absolute Gasteiger partial charge is 0.390 e. The second kappa shape index (κ2) is 5.82. The van der Waals surface area contributed by atoms with Crippen molar-refractivity contribution >= 4 is 11.6 Å². The Kier molecular flexibility index (Phi) is 3.62. The molecule has 0 bridgehead atoms. The highest BCUT2D eigenvalue weighted by atomic mass is 16.3. The van der Waals surface area contributed by atoms with E-state index < -0.39 is 23.6 Å². The van der Waals surface area contributed by atoms with Gasteiger partial charge >= 0.3 is 0 Å². The van der Waals surface area contributed by atoms with Crippen molar-refractivity contribution in [3.63, 3.8) is 0 Å². The van der Waals surface area contributed by atoms with Crippen LogP contribution in [0.15, 0.2) is 53.6 Å². The van der Waals surface area contributed by atoms with Gasteiger partial charge in [0.2, 0.25) is 0 Å². The number of aryl methyl sites for hydroxylation is 1. The van der Waals surface area contributed by atoms with E-state index in [1.807, 2.05) is 31.2 Å². The third kappa shape index (κ3) is 2.60. The Bertz CT molecular complexity index is 1040. The van der Waals surface area contributed by atoms with E-state index >= 15 is 0 Å². The maximum atomic E-state index is 12.6. The molecule has 126 valence electrons. The van der Waals surface area contributed by atoms with Gasteiger partial charge in [-0.25, -0.2) is 4.98 Å². The van der Waals surface area contributed by atoms with E-state index in [0.717, 1.165) is 16.7 Å². The fraction of sp³-hybridized carbons (Fsp3) is 0.211. The summed E-state index contributed by atoms with van der Waals surface area (Å²) >= 11 is 0. The number of nitrogens with one attached hydrogen (secondary N) is 1. The van der Waals surface area contributed by atoms with E-state index in [4.69, 9.17) is 0 Å². The first-order chi connectivity index (χ1) is 12.0. The lowest BCUT2D eigenvalue weighted by molar-refractivity contribution is 0.0856. The summed E-state index contributed by atoms with van der Waals surface area (Å²) in [5.41, 5.74) is 2.89. The number of hydrogen-bond donors (Lipinski definition) is 2. The molecule has 1 aliphatic carbocycles. The highest BCUT2D eigenvalue weighted by Gasteiger charge is 2.32. The topological polar surface area (TPSA) is 83.7 Å². The minimum atomic E-state index is -0.708. The van der Waals surface area contributed by atoms with E-state index in [2.05, 4.69) is 10.3 Å². The Labute approximate surface area is 143 Å². The first-order valence-corrected chi connectivity index (χ1v) is 8.09. The molecule has 0 unspecified atom stereocenters. The maximum Gasteiger partial charge on any atom is 0.270 e. The second-order valence-electron chi connectivity index (χ2n) is 6.33. The summed E-state index contributed by atoms with van der Waals surface area (Å²) in [6, 6.07) is 10.6. The quantitative estimate of drug-likeness (QED) is 0.741. The molecule has 0 aliphatic heterocycles. The van der Waals surface area contributed by atoms with E-state index in [-0.39, 0.29) is 5.56 Å². The monoisotopic (exact) mass is 335 g/mol. The van der Waals surface area contributed by atoms with Crippen molar-refractivity contribution < 1.29 is 9.90 Å². The molecular weight excluding hydrogens is 318 g/mol. The lowest BCUT2D eigenvalue weighted by Gasteiger charge is -2.17. The molecule has 2 N–H and O–H groups in total. The van der Waals surface area contributed by atoms with Crippen molar-refractivity contribution in [2.24, 2.45) is 0 Å². The zero-order chi connectivity index (χ0) is 17.6. The van der Waals surface area contributed by atoms with E-state index in [0.29, 0.717) is 12.1 Å². The first-order valence-electron chi connectivity index (χ1n) is 8.09. The van der Waals surface area contributed by atoms with Crippen LogP contribution in [0.5, 0.6) is 0 Å². The number of nitrogens with zero attached hydrogens (tertiary/aromatic N) is 2. The highest BCUT2D eigenvalue weighted by Crippen LogP contribution is 2.31. The molecular formula is C19H17N3O3. The van der Waals surface area contributed by atoms with Crippen molar-refractivity contribution in [3.8, 4) is 0 Å². The number of amides is 1. The average molecular weight is 335 g/mol. The molecule has 1 aliphatic rings. The van der Waals surface area contributed by atoms with E-state index in [9.17, 15) is 14.7 Å². The van der Waals surface area contributed by atoms with Gasteiger partial charge in [-0.15, -0.1) is 0 Å². The van der Waals surface area contributed by atoms with Crippen molar-refractivity contribution in [1.29, 1.82) is 0 Å². The minimum Gasteiger partial charge on any atom is -0.390 e. The highest BCUT2D eigenvalue weighted by molar-refractivity contribution is 5.94. The predicted octanol–water partition coefficient (Wildman–Crippen LogP) is 1.39. The summed E-state index contributed by atoms with van der Waals surface area (Å²) in [6.45, 7) is 1.91. The lowest BCUT2D eigenvalue weighted by atomic mass is 10.1. The molecule has 0 fully saturated rings. The normalized spacial score (nSPS) is 19.0. The molecule has 0 saturated carbocycles. The van der Waals surface area contributed by atoms with Crippen LogP contribution < -0.4 is 10.9 Å². The number of aromatic nitrogens is 2. The molecule has 2 aromatic heterocycles. The minimum absolute atomic E-state index is 0.0436. The average Bonchev–Trinajstić information content (AvgIpc) is 2.90. The van der Waals surface area contributed by atoms with Gasteiger partial charge in [0, 0.05) is 18.8 Å². The molecule has 25 heavy (non-hydrogen) atoms. The zero-order valence-corrected chi connectivity index (χ0v) is 13.6. The Morgan fingerprint density at radius 1 is 1.32 bits per heavy atom. The summed E-state index contributed by atoms with van der Waals surface area (Å²) in [5.74, 6) is -0.534. The van der Waals surface area contributed by atoms with Gasteiger partial charge < -0.3 is 10.4 Å². The van der Waals surface area contributed by atoms with E-state index in [1.165, 1.54) is 10.6 Å². The summed E-state index contributed by atoms with van der Waals surface area (Å²) in [4.78, 5) is 29.4. The number of hydrogen-bond acceptors (Lipinski definition) is 4. The molecule has 0 saturated heterocycles. The van der Waals surface area contributed by atoms with Gasteiger partial charge in [0.1, 0.15) is 11.2 Å². The van der Waals surface area contributed by atoms with Crippen LogP contribution in [0.1, 0.15) is 33.1 Å². The van der Waals surface area contributed by atoms with Crippen LogP contribution in [0.2, 0.25) is 0 Å². The van der Waals surface area contributed by atoms with Gasteiger partial charge in [0.25, 0.3) is 11.5 Å². The molecule has 3 aromatic rings. The van der Waals surface area contributed by atoms with Gasteiger partial charge in [0.05, 0.1) is 12.1 Å². The number of rotatable bonds is 2. The molecule has 0 spiro atoms. The molecule has 6 heteroatoms. The Balaban J connectivity index is 1.68. The summed E-state index contributed by atoms with van der Waals surface area (Å²) in [5, 5.41) is 13.0. The SMILES string of the molecule is Cc1ccn2c(=O)c(C(=O)N[C@@H]3c4ccccc4C[C@@H]3O)cnc2c1. The predicted molar refractivity (Wildman–Crippen MR) is 92.6 cm³/mol. The van der Waals surface area contributed by atoms with Crippen molar-refractivity contribution in [1.82, 2.24) is 14.7 Å². The lowest BCUT2D eigenvalue weighted by Crippen LogP contribution is -2.37. The van der Waals surface area contributed by atoms with E-state index in [1.54, 1.807) is 18.3 Å². The molecule has 1 amide bonds. The Morgan fingerprint density at radius 2 is 2.12 bits per heavy atom. The molecule has 1 aromatic carbocycles. The molecule has 2 heterocycles. The molecule has 6 nitrogen and oxygen atoms in total. The van der Waals surface area contributed by atoms with Gasteiger partial charge in [-0.1, -0.05) is 24.3 Å².